The third-order valence-corrected chi connectivity index (χ3v) is 10.5. The fourth-order valence-electron chi connectivity index (χ4n) is 3.93. The van der Waals surface area contributed by atoms with E-state index in [4.69, 9.17) is 21.0 Å². The van der Waals surface area contributed by atoms with Crippen LogP contribution in [0.15, 0.2) is 83.9 Å². The number of hydrogen-bond donors (Lipinski definition) is 0. The summed E-state index contributed by atoms with van der Waals surface area (Å²) < 4.78 is 0. The van der Waals surface area contributed by atoms with E-state index in [0.717, 1.165) is 16.8 Å². The van der Waals surface area contributed by atoms with Gasteiger partial charge in [-0.3, -0.25) is 0 Å². The molecular formula is C29H23N5Si. The number of nitriles is 4. The molecule has 0 radical (unpaired) electrons. The van der Waals surface area contributed by atoms with E-state index in [1.807, 2.05) is 62.6 Å². The second kappa shape index (κ2) is 10.8. The van der Waals surface area contributed by atoms with Crippen LogP contribution in [0.5, 0.6) is 0 Å². The van der Waals surface area contributed by atoms with Crippen molar-refractivity contribution in [1.29, 1.82) is 21.0 Å². The highest BCUT2D eigenvalue weighted by Crippen LogP contribution is 2.15. The predicted octanol–water partition coefficient (Wildman–Crippen LogP) is 3.71. The van der Waals surface area contributed by atoms with Crippen molar-refractivity contribution >= 4 is 41.5 Å². The first-order chi connectivity index (χ1) is 16.8. The van der Waals surface area contributed by atoms with Crippen LogP contribution in [0.3, 0.4) is 0 Å². The Balaban J connectivity index is 2.14. The Morgan fingerprint density at radius 1 is 0.600 bits per heavy atom. The molecule has 0 saturated heterocycles. The molecular weight excluding hydrogens is 446 g/mol. The zero-order valence-corrected chi connectivity index (χ0v) is 20.8. The molecule has 3 aromatic carbocycles. The third-order valence-electron chi connectivity index (χ3n) is 6.04. The van der Waals surface area contributed by atoms with Crippen LogP contribution in [0.1, 0.15) is 11.1 Å². The monoisotopic (exact) mass is 469 g/mol. The summed E-state index contributed by atoms with van der Waals surface area (Å²) in [4.78, 5) is 2.06. The van der Waals surface area contributed by atoms with Crippen LogP contribution in [0.4, 0.5) is 5.69 Å². The van der Waals surface area contributed by atoms with Gasteiger partial charge >= 0.3 is 0 Å². The molecule has 0 aliphatic heterocycles. The van der Waals surface area contributed by atoms with Gasteiger partial charge < -0.3 is 4.90 Å². The van der Waals surface area contributed by atoms with E-state index in [0.29, 0.717) is 0 Å². The lowest BCUT2D eigenvalue weighted by atomic mass is 10.1. The van der Waals surface area contributed by atoms with Gasteiger partial charge in [0.05, 0.1) is 0 Å². The highest BCUT2D eigenvalue weighted by molar-refractivity contribution is 7.10. The first-order valence-electron chi connectivity index (χ1n) is 10.9. The number of hydrogen-bond acceptors (Lipinski definition) is 5. The van der Waals surface area contributed by atoms with Crippen molar-refractivity contribution in [2.24, 2.45) is 0 Å². The number of benzene rings is 3. The second-order valence-electron chi connectivity index (χ2n) is 8.37. The molecule has 0 aliphatic rings. The molecule has 6 heteroatoms. The zero-order chi connectivity index (χ0) is 25.4. The zero-order valence-electron chi connectivity index (χ0n) is 19.8. The lowest BCUT2D eigenvalue weighted by Gasteiger charge is -2.30. The summed E-state index contributed by atoms with van der Waals surface area (Å²) in [5.74, 6) is 0. The molecule has 0 unspecified atom stereocenters. The Bertz CT molecular complexity index is 1320. The van der Waals surface area contributed by atoms with Crippen molar-refractivity contribution in [2.75, 3.05) is 19.0 Å². The molecule has 0 N–H and O–H groups in total. The average Bonchev–Trinajstić information content (AvgIpc) is 2.90. The van der Waals surface area contributed by atoms with Gasteiger partial charge in [0.1, 0.15) is 43.5 Å². The van der Waals surface area contributed by atoms with Crippen LogP contribution in [0.25, 0.3) is 12.2 Å². The average molecular weight is 470 g/mol. The smallest absolute Gasteiger partial charge is 0.145 e. The van der Waals surface area contributed by atoms with Crippen LogP contribution >= 0.6 is 0 Å². The Morgan fingerprint density at radius 3 is 1.20 bits per heavy atom. The summed E-state index contributed by atoms with van der Waals surface area (Å²) >= 11 is 0. The summed E-state index contributed by atoms with van der Waals surface area (Å²) in [5.41, 5.74) is 2.84. The van der Waals surface area contributed by atoms with Crippen LogP contribution in [0, 0.1) is 45.3 Å². The second-order valence-corrected chi connectivity index (χ2v) is 12.4. The first-order valence-corrected chi connectivity index (χ1v) is 13.4. The summed E-state index contributed by atoms with van der Waals surface area (Å²) in [6.45, 7) is 2.29. The predicted molar refractivity (Wildman–Crippen MR) is 143 cm³/mol. The highest BCUT2D eigenvalue weighted by Gasteiger charge is 2.34. The quantitative estimate of drug-likeness (QED) is 0.311. The van der Waals surface area contributed by atoms with E-state index >= 15 is 0 Å². The lowest BCUT2D eigenvalue weighted by molar-refractivity contribution is 1.13. The van der Waals surface area contributed by atoms with E-state index < -0.39 is 8.07 Å². The van der Waals surface area contributed by atoms with Crippen molar-refractivity contribution < 1.29 is 0 Å². The molecule has 168 valence electrons. The minimum Gasteiger partial charge on any atom is -0.378 e. The molecule has 5 nitrogen and oxygen atoms in total. The van der Waals surface area contributed by atoms with Crippen molar-refractivity contribution in [3.63, 3.8) is 0 Å². The summed E-state index contributed by atoms with van der Waals surface area (Å²) in [6.07, 6.45) is 3.16. The van der Waals surface area contributed by atoms with Gasteiger partial charge in [-0.05, 0) is 51.0 Å². The largest absolute Gasteiger partial charge is 0.378 e. The van der Waals surface area contributed by atoms with Gasteiger partial charge in [-0.2, -0.15) is 21.0 Å². The maximum atomic E-state index is 9.06. The van der Waals surface area contributed by atoms with E-state index in [1.54, 1.807) is 12.2 Å². The summed E-state index contributed by atoms with van der Waals surface area (Å²) in [5, 5.41) is 39.8. The molecule has 0 saturated carbocycles. The molecule has 0 aliphatic carbocycles. The maximum Gasteiger partial charge on any atom is 0.145 e. The third kappa shape index (κ3) is 5.37. The van der Waals surface area contributed by atoms with Crippen LogP contribution in [0.2, 0.25) is 6.55 Å². The molecule has 3 rings (SSSR count). The van der Waals surface area contributed by atoms with Crippen LogP contribution in [-0.4, -0.2) is 22.2 Å². The Hall–Kier alpha value is -4.88. The number of rotatable bonds is 6. The Labute approximate surface area is 207 Å². The van der Waals surface area contributed by atoms with Gasteiger partial charge in [-0.1, -0.05) is 67.2 Å². The minimum atomic E-state index is -2.41. The van der Waals surface area contributed by atoms with Crippen molar-refractivity contribution in [2.45, 2.75) is 6.55 Å². The fraction of sp³-hybridized carbons (Fsp3) is 0.103. The van der Waals surface area contributed by atoms with E-state index in [-0.39, 0.29) is 11.1 Å². The summed E-state index contributed by atoms with van der Waals surface area (Å²) in [7, 11) is 1.61. The summed E-state index contributed by atoms with van der Waals surface area (Å²) in [6, 6.07) is 32.2. The molecule has 3 aromatic rings. The standard InChI is InChI=1S/C29H23N5Si/c1-34(2)26-8-14-29(15-9-26)35(3,27-10-4-22(5-11-27)16-24(18-30)19-31)28-12-6-23(7-13-28)17-25(20-32)21-33/h4-17H,1-3H3. The SMILES string of the molecule is CN(C)c1ccc([Si](C)(c2ccc(C=C(C#N)C#N)cc2)c2ccc(C=C(C#N)C#N)cc2)cc1. The molecule has 0 aromatic heterocycles. The van der Waals surface area contributed by atoms with Gasteiger partial charge in [0.2, 0.25) is 0 Å². The molecule has 0 spiro atoms. The molecule has 0 amide bonds. The normalized spacial score (nSPS) is 10.0. The van der Waals surface area contributed by atoms with Crippen LogP contribution in [-0.2, 0) is 0 Å². The highest BCUT2D eigenvalue weighted by atomic mass is 28.3. The van der Waals surface area contributed by atoms with Crippen molar-refractivity contribution in [3.8, 4) is 24.3 Å². The van der Waals surface area contributed by atoms with E-state index in [1.165, 1.54) is 15.6 Å². The first kappa shape index (κ1) is 24.8. The van der Waals surface area contributed by atoms with Crippen LogP contribution < -0.4 is 20.5 Å². The van der Waals surface area contributed by atoms with Gasteiger partial charge in [-0.15, -0.1) is 0 Å². The maximum absolute atomic E-state index is 9.06. The van der Waals surface area contributed by atoms with Crippen molar-refractivity contribution in [3.05, 3.63) is 95.1 Å². The molecule has 0 fully saturated rings. The van der Waals surface area contributed by atoms with Gasteiger partial charge in [-0.25, -0.2) is 0 Å². The lowest BCUT2D eigenvalue weighted by Crippen LogP contribution is -2.64. The molecule has 35 heavy (non-hydrogen) atoms. The Morgan fingerprint density at radius 2 is 0.914 bits per heavy atom. The molecule has 0 bridgehead atoms. The number of anilines is 1. The van der Waals surface area contributed by atoms with Crippen molar-refractivity contribution in [1.82, 2.24) is 0 Å². The minimum absolute atomic E-state index is 0.0646. The number of allylic oxidation sites excluding steroid dienone is 2. The van der Waals surface area contributed by atoms with Gasteiger partial charge in [0, 0.05) is 19.8 Å². The molecule has 0 heterocycles. The fourth-order valence-corrected chi connectivity index (χ4v) is 7.43. The topological polar surface area (TPSA) is 98.4 Å². The molecule has 0 atom stereocenters. The Kier molecular flexibility index (Phi) is 7.65. The van der Waals surface area contributed by atoms with Gasteiger partial charge in [0.15, 0.2) is 0 Å². The van der Waals surface area contributed by atoms with E-state index in [9.17, 15) is 0 Å². The van der Waals surface area contributed by atoms with E-state index in [2.05, 4.69) is 60.0 Å². The number of nitrogens with zero attached hydrogens (tertiary/aromatic N) is 5. The van der Waals surface area contributed by atoms with Gasteiger partial charge in [0.25, 0.3) is 0 Å².